The molecule has 0 unspecified atom stereocenters. The summed E-state index contributed by atoms with van der Waals surface area (Å²) >= 11 is 0. The molecule has 3 aromatic rings. The van der Waals surface area contributed by atoms with Gasteiger partial charge in [-0.2, -0.15) is 18.3 Å². The highest BCUT2D eigenvalue weighted by molar-refractivity contribution is 6.07. The second-order valence-electron chi connectivity index (χ2n) is 7.98. The number of ether oxygens (including phenoxy) is 4. The van der Waals surface area contributed by atoms with Gasteiger partial charge in [0, 0.05) is 18.2 Å². The van der Waals surface area contributed by atoms with Gasteiger partial charge in [0.2, 0.25) is 0 Å². The molecule has 2 heterocycles. The molecular formula is C24H25F3N4O5. The van der Waals surface area contributed by atoms with Gasteiger partial charge in [-0.25, -0.2) is 4.68 Å². The highest BCUT2D eigenvalue weighted by Crippen LogP contribution is 2.45. The topological polar surface area (TPSA) is 95.9 Å². The first kappa shape index (κ1) is 25.0. The molecule has 1 aromatic heterocycles. The molecule has 2 N–H and O–H groups in total. The number of anilines is 2. The number of rotatable bonds is 7. The van der Waals surface area contributed by atoms with Gasteiger partial charge in [0.15, 0.2) is 29.0 Å². The number of benzene rings is 2. The summed E-state index contributed by atoms with van der Waals surface area (Å²) in [5.41, 5.74) is 0.877. The molecule has 36 heavy (non-hydrogen) atoms. The van der Waals surface area contributed by atoms with E-state index in [0.29, 0.717) is 34.2 Å². The fourth-order valence-electron chi connectivity index (χ4n) is 4.13. The summed E-state index contributed by atoms with van der Waals surface area (Å²) in [5, 5.41) is 9.64. The molecule has 0 saturated heterocycles. The number of hydrogen-bond donors (Lipinski definition) is 2. The molecule has 0 saturated carbocycles. The van der Waals surface area contributed by atoms with Gasteiger partial charge in [0.1, 0.15) is 11.4 Å². The number of nitrogens with one attached hydrogen (secondary N) is 2. The number of hydrogen-bond acceptors (Lipinski definition) is 7. The lowest BCUT2D eigenvalue weighted by atomic mass is 9.96. The van der Waals surface area contributed by atoms with Crippen LogP contribution < -0.4 is 29.6 Å². The molecule has 2 aromatic carbocycles. The fourth-order valence-corrected chi connectivity index (χ4v) is 4.13. The van der Waals surface area contributed by atoms with Crippen LogP contribution in [0.4, 0.5) is 24.7 Å². The Morgan fingerprint density at radius 2 is 1.58 bits per heavy atom. The van der Waals surface area contributed by atoms with Crippen LogP contribution in [0.25, 0.3) is 0 Å². The standard InChI is InChI=1S/C24H25F3N4O5/c1-33-17-7-5-13(9-19(17)35-3)16-11-21(24(25,26)27)31-22(30-16)15(12-28-31)23(32)29-14-6-8-18(34-2)20(10-14)36-4/h5-10,12,16,21,30H,11H2,1-4H3,(H,29,32)/t16-,21-/m0/s1. The zero-order chi connectivity index (χ0) is 26.0. The summed E-state index contributed by atoms with van der Waals surface area (Å²) in [5.74, 6) is 1.00. The summed E-state index contributed by atoms with van der Waals surface area (Å²) in [7, 11) is 5.85. The smallest absolute Gasteiger partial charge is 0.410 e. The van der Waals surface area contributed by atoms with E-state index in [-0.39, 0.29) is 17.8 Å². The Kier molecular flexibility index (Phi) is 6.86. The van der Waals surface area contributed by atoms with Crippen LogP contribution in [0.1, 0.15) is 34.4 Å². The van der Waals surface area contributed by atoms with E-state index in [2.05, 4.69) is 15.7 Å². The van der Waals surface area contributed by atoms with Crippen LogP contribution >= 0.6 is 0 Å². The summed E-state index contributed by atoms with van der Waals surface area (Å²) in [4.78, 5) is 13.1. The van der Waals surface area contributed by atoms with Crippen LogP contribution in [0.3, 0.4) is 0 Å². The number of halogens is 3. The van der Waals surface area contributed by atoms with Crippen LogP contribution in [0, 0.1) is 0 Å². The Hall–Kier alpha value is -4.09. The van der Waals surface area contributed by atoms with Crippen molar-refractivity contribution in [3.8, 4) is 23.0 Å². The summed E-state index contributed by atoms with van der Waals surface area (Å²) in [6.07, 6.45) is -3.80. The number of amides is 1. The van der Waals surface area contributed by atoms with Gasteiger partial charge >= 0.3 is 6.18 Å². The average Bonchev–Trinajstić information content (AvgIpc) is 3.31. The molecule has 0 fully saturated rings. The molecule has 4 rings (SSSR count). The minimum absolute atomic E-state index is 0.0378. The third-order valence-corrected chi connectivity index (χ3v) is 5.93. The molecule has 1 amide bonds. The molecule has 12 heteroatoms. The summed E-state index contributed by atoms with van der Waals surface area (Å²) < 4.78 is 63.8. The lowest BCUT2D eigenvalue weighted by Gasteiger charge is -2.34. The minimum Gasteiger partial charge on any atom is -0.493 e. The van der Waals surface area contributed by atoms with E-state index in [4.69, 9.17) is 18.9 Å². The summed E-state index contributed by atoms with van der Waals surface area (Å²) in [6, 6.07) is 6.92. The summed E-state index contributed by atoms with van der Waals surface area (Å²) in [6.45, 7) is 0. The maximum Gasteiger partial charge on any atom is 0.410 e. The van der Waals surface area contributed by atoms with Crippen molar-refractivity contribution < 1.29 is 36.9 Å². The van der Waals surface area contributed by atoms with E-state index in [1.54, 1.807) is 36.4 Å². The molecule has 0 spiro atoms. The van der Waals surface area contributed by atoms with Crippen LogP contribution in [0.15, 0.2) is 42.6 Å². The Balaban J connectivity index is 1.68. The van der Waals surface area contributed by atoms with Gasteiger partial charge < -0.3 is 29.6 Å². The largest absolute Gasteiger partial charge is 0.493 e. The van der Waals surface area contributed by atoms with Gasteiger partial charge in [0.05, 0.1) is 40.7 Å². The van der Waals surface area contributed by atoms with Crippen molar-refractivity contribution in [3.63, 3.8) is 0 Å². The second-order valence-corrected chi connectivity index (χ2v) is 7.98. The van der Waals surface area contributed by atoms with Gasteiger partial charge in [-0.05, 0) is 29.8 Å². The van der Waals surface area contributed by atoms with Crippen molar-refractivity contribution in [1.29, 1.82) is 0 Å². The number of alkyl halides is 3. The SMILES string of the molecule is COc1ccc(NC(=O)c2cnn3c2N[C@H](c2ccc(OC)c(OC)c2)C[C@H]3C(F)(F)F)cc1OC. The average molecular weight is 506 g/mol. The predicted octanol–water partition coefficient (Wildman–Crippen LogP) is 4.83. The molecular weight excluding hydrogens is 481 g/mol. The highest BCUT2D eigenvalue weighted by atomic mass is 19.4. The first-order valence-corrected chi connectivity index (χ1v) is 10.9. The molecule has 0 aliphatic carbocycles. The molecule has 0 bridgehead atoms. The van der Waals surface area contributed by atoms with E-state index in [1.807, 2.05) is 0 Å². The van der Waals surface area contributed by atoms with Crippen LogP contribution in [0.5, 0.6) is 23.0 Å². The zero-order valence-electron chi connectivity index (χ0n) is 20.0. The van der Waals surface area contributed by atoms with E-state index < -0.39 is 24.2 Å². The van der Waals surface area contributed by atoms with Crippen molar-refractivity contribution in [2.24, 2.45) is 0 Å². The number of nitrogens with zero attached hydrogens (tertiary/aromatic N) is 2. The van der Waals surface area contributed by atoms with Gasteiger partial charge in [0.25, 0.3) is 5.91 Å². The number of carbonyl (C=O) groups is 1. The minimum atomic E-state index is -4.59. The van der Waals surface area contributed by atoms with Crippen molar-refractivity contribution in [2.45, 2.75) is 24.7 Å². The normalized spacial score (nSPS) is 17.0. The molecule has 1 aliphatic rings. The van der Waals surface area contributed by atoms with E-state index in [9.17, 15) is 18.0 Å². The Bertz CT molecular complexity index is 1260. The third-order valence-electron chi connectivity index (χ3n) is 5.93. The Morgan fingerprint density at radius 3 is 2.19 bits per heavy atom. The van der Waals surface area contributed by atoms with Crippen molar-refractivity contribution in [3.05, 3.63) is 53.7 Å². The van der Waals surface area contributed by atoms with Crippen LogP contribution in [-0.4, -0.2) is 50.3 Å². The van der Waals surface area contributed by atoms with E-state index >= 15 is 0 Å². The first-order valence-electron chi connectivity index (χ1n) is 10.9. The van der Waals surface area contributed by atoms with E-state index in [1.165, 1.54) is 28.4 Å². The number of carbonyl (C=O) groups excluding carboxylic acids is 1. The number of methoxy groups -OCH3 is 4. The van der Waals surface area contributed by atoms with Gasteiger partial charge in [-0.15, -0.1) is 0 Å². The Morgan fingerprint density at radius 1 is 0.972 bits per heavy atom. The number of aromatic nitrogens is 2. The fraction of sp³-hybridized carbons (Fsp3) is 0.333. The maximum absolute atomic E-state index is 14.0. The lowest BCUT2D eigenvalue weighted by molar-refractivity contribution is -0.173. The Labute approximate surface area is 205 Å². The van der Waals surface area contributed by atoms with Crippen molar-refractivity contribution in [1.82, 2.24) is 9.78 Å². The quantitative estimate of drug-likeness (QED) is 0.474. The van der Waals surface area contributed by atoms with Gasteiger partial charge in [-0.1, -0.05) is 6.07 Å². The van der Waals surface area contributed by atoms with Crippen LogP contribution in [0.2, 0.25) is 0 Å². The van der Waals surface area contributed by atoms with Gasteiger partial charge in [-0.3, -0.25) is 4.79 Å². The molecule has 2 atom stereocenters. The van der Waals surface area contributed by atoms with E-state index in [0.717, 1.165) is 10.9 Å². The third kappa shape index (κ3) is 4.70. The maximum atomic E-state index is 14.0. The second kappa shape index (κ2) is 9.88. The monoisotopic (exact) mass is 506 g/mol. The predicted molar refractivity (Wildman–Crippen MR) is 125 cm³/mol. The van der Waals surface area contributed by atoms with Crippen LogP contribution in [-0.2, 0) is 0 Å². The van der Waals surface area contributed by atoms with Crippen molar-refractivity contribution >= 4 is 17.4 Å². The number of fused-ring (bicyclic) bond motifs is 1. The molecule has 1 aliphatic heterocycles. The first-order chi connectivity index (χ1) is 17.2. The highest BCUT2D eigenvalue weighted by Gasteiger charge is 2.47. The zero-order valence-corrected chi connectivity index (χ0v) is 20.0. The lowest BCUT2D eigenvalue weighted by Crippen LogP contribution is -2.36. The molecule has 192 valence electrons. The molecule has 0 radical (unpaired) electrons. The van der Waals surface area contributed by atoms with Crippen molar-refractivity contribution in [2.75, 3.05) is 39.1 Å². The molecule has 9 nitrogen and oxygen atoms in total.